The van der Waals surface area contributed by atoms with E-state index in [9.17, 15) is 14.7 Å². The molecule has 0 aliphatic carbocycles. The zero-order valence-corrected chi connectivity index (χ0v) is 16.8. The maximum absolute atomic E-state index is 12.3. The molecule has 1 saturated heterocycles. The van der Waals surface area contributed by atoms with Gasteiger partial charge in [-0.15, -0.1) is 0 Å². The molecule has 0 aromatic carbocycles. The van der Waals surface area contributed by atoms with Crippen LogP contribution in [0, 0.1) is 5.92 Å². The van der Waals surface area contributed by atoms with Crippen LogP contribution < -0.4 is 10.4 Å². The van der Waals surface area contributed by atoms with Crippen LogP contribution in [-0.2, 0) is 11.3 Å². The van der Waals surface area contributed by atoms with E-state index in [1.165, 1.54) is 4.57 Å². The second-order valence-corrected chi connectivity index (χ2v) is 7.53. The predicted molar refractivity (Wildman–Crippen MR) is 106 cm³/mol. The number of nitrogens with one attached hydrogen (secondary N) is 1. The molecular weight excluding hydrogens is 378 g/mol. The summed E-state index contributed by atoms with van der Waals surface area (Å²) in [5, 5.41) is 18.9. The van der Waals surface area contributed by atoms with E-state index in [0.717, 1.165) is 45.2 Å². The fourth-order valence-electron chi connectivity index (χ4n) is 3.64. The summed E-state index contributed by atoms with van der Waals surface area (Å²) in [5.41, 5.74) is 0.210. The van der Waals surface area contributed by atoms with Crippen molar-refractivity contribution >= 4 is 17.1 Å². The Bertz CT molecular complexity index is 885. The maximum Gasteiger partial charge on any atom is 0.327 e. The van der Waals surface area contributed by atoms with E-state index in [4.69, 9.17) is 9.84 Å². The van der Waals surface area contributed by atoms with Crippen molar-refractivity contribution in [2.75, 3.05) is 26.2 Å². The zero-order chi connectivity index (χ0) is 20.8. The van der Waals surface area contributed by atoms with Gasteiger partial charge < -0.3 is 19.8 Å². The molecule has 3 heterocycles. The molecule has 160 valence electrons. The van der Waals surface area contributed by atoms with Gasteiger partial charge in [-0.25, -0.2) is 4.79 Å². The number of rotatable bonds is 10. The van der Waals surface area contributed by atoms with Gasteiger partial charge in [0.2, 0.25) is 5.88 Å². The Morgan fingerprint density at radius 3 is 2.72 bits per heavy atom. The number of carboxylic acids is 1. The molecule has 2 aromatic heterocycles. The molecule has 1 aliphatic rings. The van der Waals surface area contributed by atoms with Crippen molar-refractivity contribution in [1.29, 1.82) is 0 Å². The third kappa shape index (κ3) is 5.47. The first kappa shape index (κ1) is 21.1. The monoisotopic (exact) mass is 407 g/mol. The van der Waals surface area contributed by atoms with Gasteiger partial charge in [0.25, 0.3) is 0 Å². The zero-order valence-electron chi connectivity index (χ0n) is 16.8. The highest BCUT2D eigenvalue weighted by Gasteiger charge is 2.21. The van der Waals surface area contributed by atoms with Crippen LogP contribution in [0.2, 0.25) is 0 Å². The number of aromatic hydroxyl groups is 1. The van der Waals surface area contributed by atoms with Crippen LogP contribution in [0.1, 0.15) is 45.4 Å². The quantitative estimate of drug-likeness (QED) is 0.506. The lowest BCUT2D eigenvalue weighted by Crippen LogP contribution is -2.37. The van der Waals surface area contributed by atoms with E-state index < -0.39 is 5.97 Å². The van der Waals surface area contributed by atoms with Crippen LogP contribution in [0.15, 0.2) is 4.79 Å². The van der Waals surface area contributed by atoms with Crippen molar-refractivity contribution in [2.24, 2.45) is 5.92 Å². The first-order valence-electron chi connectivity index (χ1n) is 10.2. The topological polar surface area (TPSA) is 134 Å². The lowest BCUT2D eigenvalue weighted by molar-refractivity contribution is -0.137. The number of carbonyl (C=O) groups is 1. The van der Waals surface area contributed by atoms with Crippen LogP contribution in [0.3, 0.4) is 0 Å². The number of aliphatic carboxylic acids is 1. The van der Waals surface area contributed by atoms with Gasteiger partial charge in [0.05, 0.1) is 6.61 Å². The van der Waals surface area contributed by atoms with Crippen LogP contribution in [0.25, 0.3) is 11.2 Å². The van der Waals surface area contributed by atoms with Crippen molar-refractivity contribution in [3.8, 4) is 11.9 Å². The van der Waals surface area contributed by atoms with E-state index in [2.05, 4.69) is 19.9 Å². The average molecular weight is 407 g/mol. The largest absolute Gasteiger partial charge is 0.492 e. The third-order valence-corrected chi connectivity index (χ3v) is 5.43. The standard InChI is InChI=1S/C19H29N5O5/c1-2-3-12-29-18-21-16-15(17(27)22-18)20-19(28)24(16)11-10-23-8-6-13(7-9-23)4-5-14(25)26/h13H,2-12H2,1H3,(H,20,28)(H,25,26)(H,21,22,27). The second-order valence-electron chi connectivity index (χ2n) is 7.53. The Hall–Kier alpha value is -2.62. The number of piperidine rings is 1. The fraction of sp³-hybridized carbons (Fsp3) is 0.684. The number of ether oxygens (including phenoxy) is 1. The first-order chi connectivity index (χ1) is 14.0. The number of aromatic nitrogens is 4. The number of hydrogen-bond donors (Lipinski definition) is 3. The van der Waals surface area contributed by atoms with Crippen molar-refractivity contribution in [2.45, 2.75) is 52.0 Å². The number of aromatic amines is 1. The molecule has 1 fully saturated rings. The Kier molecular flexibility index (Phi) is 7.08. The summed E-state index contributed by atoms with van der Waals surface area (Å²) in [4.78, 5) is 36.2. The number of likely N-dealkylation sites (tertiary alicyclic amines) is 1. The molecule has 0 amide bonds. The van der Waals surface area contributed by atoms with E-state index in [1.54, 1.807) is 0 Å². The number of fused-ring (bicyclic) bond motifs is 1. The number of nitrogens with zero attached hydrogens (tertiary/aromatic N) is 4. The first-order valence-corrected chi connectivity index (χ1v) is 10.2. The molecule has 3 rings (SSSR count). The predicted octanol–water partition coefficient (Wildman–Crippen LogP) is 1.58. The number of H-pyrrole nitrogens is 1. The lowest BCUT2D eigenvalue weighted by Gasteiger charge is -2.31. The summed E-state index contributed by atoms with van der Waals surface area (Å²) >= 11 is 0. The molecule has 3 N–H and O–H groups in total. The van der Waals surface area contributed by atoms with Crippen molar-refractivity contribution in [3.05, 3.63) is 10.5 Å². The Labute approximate surface area is 168 Å². The minimum Gasteiger partial charge on any atom is -0.492 e. The number of unbranched alkanes of at least 4 members (excludes halogenated alkanes) is 1. The van der Waals surface area contributed by atoms with Gasteiger partial charge in [-0.2, -0.15) is 9.97 Å². The second kappa shape index (κ2) is 9.73. The molecule has 1 aliphatic heterocycles. The number of carboxylic acid groups (broad SMARTS) is 1. The molecule has 10 heteroatoms. The van der Waals surface area contributed by atoms with Gasteiger partial charge >= 0.3 is 17.7 Å². The highest BCUT2D eigenvalue weighted by molar-refractivity contribution is 5.76. The Balaban J connectivity index is 1.62. The van der Waals surface area contributed by atoms with Crippen molar-refractivity contribution < 1.29 is 19.7 Å². The van der Waals surface area contributed by atoms with E-state index in [-0.39, 0.29) is 29.5 Å². The summed E-state index contributed by atoms with van der Waals surface area (Å²) in [5.74, 6) is -0.586. The smallest absolute Gasteiger partial charge is 0.327 e. The summed E-state index contributed by atoms with van der Waals surface area (Å²) in [6.45, 7) is 5.37. The summed E-state index contributed by atoms with van der Waals surface area (Å²) in [6, 6.07) is 0.0652. The minimum absolute atomic E-state index is 0.0652. The van der Waals surface area contributed by atoms with Crippen LogP contribution in [0.4, 0.5) is 0 Å². The van der Waals surface area contributed by atoms with Gasteiger partial charge in [-0.3, -0.25) is 14.3 Å². The average Bonchev–Trinajstić information content (AvgIpc) is 3.01. The lowest BCUT2D eigenvalue weighted by atomic mass is 9.92. The van der Waals surface area contributed by atoms with Gasteiger partial charge in [0.15, 0.2) is 5.65 Å². The third-order valence-electron chi connectivity index (χ3n) is 5.43. The molecule has 0 unspecified atom stereocenters. The highest BCUT2D eigenvalue weighted by atomic mass is 16.5. The molecule has 0 radical (unpaired) electrons. The maximum atomic E-state index is 12.3. The molecule has 0 saturated carbocycles. The van der Waals surface area contributed by atoms with Crippen molar-refractivity contribution in [3.63, 3.8) is 0 Å². The normalized spacial score (nSPS) is 15.8. The summed E-state index contributed by atoms with van der Waals surface area (Å²) < 4.78 is 6.98. The SMILES string of the molecule is CCCCOc1nc(O)c2[nH]c(=O)n(CCN3CCC(CCC(=O)O)CC3)c2n1. The van der Waals surface area contributed by atoms with Gasteiger partial charge in [0, 0.05) is 19.5 Å². The number of imidazole rings is 1. The van der Waals surface area contributed by atoms with Crippen LogP contribution in [-0.4, -0.2) is 66.8 Å². The fourth-order valence-corrected chi connectivity index (χ4v) is 3.64. The molecule has 0 spiro atoms. The minimum atomic E-state index is -0.741. The molecule has 10 nitrogen and oxygen atoms in total. The molecular formula is C19H29N5O5. The summed E-state index contributed by atoms with van der Waals surface area (Å²) in [7, 11) is 0. The van der Waals surface area contributed by atoms with Crippen LogP contribution in [0.5, 0.6) is 11.9 Å². The van der Waals surface area contributed by atoms with E-state index in [1.807, 2.05) is 6.92 Å². The molecule has 29 heavy (non-hydrogen) atoms. The molecule has 0 bridgehead atoms. The van der Waals surface area contributed by atoms with E-state index >= 15 is 0 Å². The molecule has 2 aromatic rings. The summed E-state index contributed by atoms with van der Waals surface area (Å²) in [6.07, 6.45) is 4.70. The van der Waals surface area contributed by atoms with Crippen molar-refractivity contribution in [1.82, 2.24) is 24.4 Å². The Morgan fingerprint density at radius 1 is 1.28 bits per heavy atom. The number of hydrogen-bond acceptors (Lipinski definition) is 7. The van der Waals surface area contributed by atoms with E-state index in [0.29, 0.717) is 31.3 Å². The van der Waals surface area contributed by atoms with Gasteiger partial charge in [-0.1, -0.05) is 13.3 Å². The molecule has 0 atom stereocenters. The van der Waals surface area contributed by atoms with Gasteiger partial charge in [-0.05, 0) is 44.7 Å². The highest BCUT2D eigenvalue weighted by Crippen LogP contribution is 2.23. The van der Waals surface area contributed by atoms with Gasteiger partial charge in [0.1, 0.15) is 5.52 Å². The van der Waals surface area contributed by atoms with Crippen LogP contribution >= 0.6 is 0 Å². The Morgan fingerprint density at radius 2 is 2.03 bits per heavy atom.